The number of benzene rings is 2. The molecule has 0 saturated carbocycles. The highest BCUT2D eigenvalue weighted by Crippen LogP contribution is 2.40. The second-order valence-corrected chi connectivity index (χ2v) is 8.00. The number of anilines is 2. The molecule has 9 nitrogen and oxygen atoms in total. The van der Waals surface area contributed by atoms with Gasteiger partial charge in [0, 0.05) is 61.2 Å². The first-order valence-electron chi connectivity index (χ1n) is 11.0. The maximum Gasteiger partial charge on any atom is 0.253 e. The molecule has 34 heavy (non-hydrogen) atoms. The molecule has 1 fully saturated rings. The fourth-order valence-corrected chi connectivity index (χ4v) is 3.86. The van der Waals surface area contributed by atoms with Gasteiger partial charge in [-0.15, -0.1) is 0 Å². The second kappa shape index (κ2) is 10.4. The lowest BCUT2D eigenvalue weighted by atomic mass is 10.1. The number of nitrogens with zero attached hydrogens (tertiary/aromatic N) is 4. The molecule has 0 bridgehead atoms. The molecule has 0 atom stereocenters. The van der Waals surface area contributed by atoms with Crippen LogP contribution in [-0.4, -0.2) is 80.2 Å². The molecule has 4 rings (SSSR count). The Bertz CT molecular complexity index is 1120. The molecule has 1 aromatic heterocycles. The summed E-state index contributed by atoms with van der Waals surface area (Å²) in [5.41, 5.74) is 3.04. The molecule has 1 aliphatic rings. The molecule has 3 aromatic rings. The fraction of sp³-hybridized carbons (Fsp3) is 0.320. The summed E-state index contributed by atoms with van der Waals surface area (Å²) in [6.07, 6.45) is 1.50. The topological polar surface area (TPSA) is 89.1 Å². The van der Waals surface area contributed by atoms with Gasteiger partial charge in [0.1, 0.15) is 12.1 Å². The first-order chi connectivity index (χ1) is 16.5. The quantitative estimate of drug-likeness (QED) is 0.571. The number of nitrogens with one attached hydrogen (secondary N) is 1. The molecule has 0 radical (unpaired) electrons. The number of amides is 1. The predicted molar refractivity (Wildman–Crippen MR) is 130 cm³/mol. The number of aromatic nitrogens is 2. The van der Waals surface area contributed by atoms with E-state index < -0.39 is 0 Å². The lowest BCUT2D eigenvalue weighted by Gasteiger charge is -2.32. The average Bonchev–Trinajstić information content (AvgIpc) is 2.88. The number of piperazine rings is 1. The molecule has 1 N–H and O–H groups in total. The van der Waals surface area contributed by atoms with Crippen molar-refractivity contribution in [2.24, 2.45) is 0 Å². The Morgan fingerprint density at radius 1 is 0.882 bits per heavy atom. The van der Waals surface area contributed by atoms with Crippen LogP contribution in [0.4, 0.5) is 11.5 Å². The van der Waals surface area contributed by atoms with Gasteiger partial charge in [-0.25, -0.2) is 9.97 Å². The van der Waals surface area contributed by atoms with Crippen LogP contribution in [0.3, 0.4) is 0 Å². The first-order valence-corrected chi connectivity index (χ1v) is 11.0. The lowest BCUT2D eigenvalue weighted by molar-refractivity contribution is 0.0664. The van der Waals surface area contributed by atoms with Crippen molar-refractivity contribution in [3.05, 3.63) is 54.4 Å². The Morgan fingerprint density at radius 3 is 2.12 bits per heavy atom. The van der Waals surface area contributed by atoms with E-state index in [9.17, 15) is 4.79 Å². The highest BCUT2D eigenvalue weighted by molar-refractivity contribution is 5.94. The maximum absolute atomic E-state index is 12.8. The summed E-state index contributed by atoms with van der Waals surface area (Å²) in [5, 5.41) is 3.26. The van der Waals surface area contributed by atoms with Gasteiger partial charge < -0.3 is 29.3 Å². The minimum atomic E-state index is 0.0621. The summed E-state index contributed by atoms with van der Waals surface area (Å²) in [6.45, 7) is 3.29. The van der Waals surface area contributed by atoms with Crippen LogP contribution >= 0.6 is 0 Å². The van der Waals surface area contributed by atoms with E-state index in [2.05, 4.69) is 27.2 Å². The van der Waals surface area contributed by atoms with Crippen molar-refractivity contribution < 1.29 is 19.0 Å². The summed E-state index contributed by atoms with van der Waals surface area (Å²) in [5.74, 6) is 2.27. The summed E-state index contributed by atoms with van der Waals surface area (Å²) in [4.78, 5) is 25.7. The van der Waals surface area contributed by atoms with E-state index in [1.54, 1.807) is 21.3 Å². The molecule has 0 unspecified atom stereocenters. The van der Waals surface area contributed by atoms with Crippen LogP contribution in [0.2, 0.25) is 0 Å². The van der Waals surface area contributed by atoms with E-state index in [1.165, 1.54) is 6.33 Å². The standard InChI is InChI=1S/C25H29N5O4/c1-29-9-11-30(12-10-29)25(31)18-7-5-17(6-8-18)20-15-23(27-16-26-20)28-19-13-21(32-2)24(34-4)22(14-19)33-3/h5-8,13-16H,9-12H2,1-4H3,(H,26,27,28). The van der Waals surface area contributed by atoms with Gasteiger partial charge in [-0.3, -0.25) is 4.79 Å². The molecule has 178 valence electrons. The number of carbonyl (C=O) groups excluding carboxylic acids is 1. The van der Waals surface area contributed by atoms with Crippen molar-refractivity contribution in [2.75, 3.05) is 59.9 Å². The molecule has 2 heterocycles. The molecule has 0 aliphatic carbocycles. The van der Waals surface area contributed by atoms with Gasteiger partial charge >= 0.3 is 0 Å². The van der Waals surface area contributed by atoms with E-state index in [1.807, 2.05) is 47.4 Å². The van der Waals surface area contributed by atoms with Crippen LogP contribution in [0.1, 0.15) is 10.4 Å². The number of hydrogen-bond donors (Lipinski definition) is 1. The van der Waals surface area contributed by atoms with Crippen molar-refractivity contribution >= 4 is 17.4 Å². The second-order valence-electron chi connectivity index (χ2n) is 8.00. The van der Waals surface area contributed by atoms with Gasteiger partial charge in [0.25, 0.3) is 5.91 Å². The third-order valence-corrected chi connectivity index (χ3v) is 5.82. The van der Waals surface area contributed by atoms with Crippen LogP contribution in [0.25, 0.3) is 11.3 Å². The SMILES string of the molecule is COc1cc(Nc2cc(-c3ccc(C(=O)N4CCN(C)CC4)cc3)ncn2)cc(OC)c1OC. The van der Waals surface area contributed by atoms with Crippen molar-refractivity contribution in [2.45, 2.75) is 0 Å². The van der Waals surface area contributed by atoms with Crippen molar-refractivity contribution in [3.63, 3.8) is 0 Å². The Kier molecular flexibility index (Phi) is 7.12. The monoisotopic (exact) mass is 463 g/mol. The van der Waals surface area contributed by atoms with Gasteiger partial charge in [-0.05, 0) is 19.2 Å². The molecular formula is C25H29N5O4. The Hall–Kier alpha value is -3.85. The zero-order chi connectivity index (χ0) is 24.1. The predicted octanol–water partition coefficient (Wildman–Crippen LogP) is 3.30. The van der Waals surface area contributed by atoms with Gasteiger partial charge in [0.2, 0.25) is 5.75 Å². The summed E-state index contributed by atoms with van der Waals surface area (Å²) >= 11 is 0. The maximum atomic E-state index is 12.8. The van der Waals surface area contributed by atoms with Crippen molar-refractivity contribution in [3.8, 4) is 28.5 Å². The minimum Gasteiger partial charge on any atom is -0.493 e. The highest BCUT2D eigenvalue weighted by atomic mass is 16.5. The number of carbonyl (C=O) groups is 1. The van der Waals surface area contributed by atoms with E-state index in [-0.39, 0.29) is 5.91 Å². The van der Waals surface area contributed by atoms with Gasteiger partial charge in [-0.2, -0.15) is 0 Å². The molecule has 9 heteroatoms. The third-order valence-electron chi connectivity index (χ3n) is 5.82. The minimum absolute atomic E-state index is 0.0621. The Labute approximate surface area is 199 Å². The summed E-state index contributed by atoms with van der Waals surface area (Å²) in [6, 6.07) is 13.0. The van der Waals surface area contributed by atoms with Crippen LogP contribution in [-0.2, 0) is 0 Å². The third kappa shape index (κ3) is 5.04. The number of methoxy groups -OCH3 is 3. The van der Waals surface area contributed by atoms with Crippen LogP contribution < -0.4 is 19.5 Å². The van der Waals surface area contributed by atoms with E-state index in [0.29, 0.717) is 28.6 Å². The zero-order valence-electron chi connectivity index (χ0n) is 19.9. The number of hydrogen-bond acceptors (Lipinski definition) is 8. The van der Waals surface area contributed by atoms with E-state index in [4.69, 9.17) is 14.2 Å². The zero-order valence-corrected chi connectivity index (χ0v) is 19.9. The summed E-state index contributed by atoms with van der Waals surface area (Å²) in [7, 11) is 6.78. The summed E-state index contributed by atoms with van der Waals surface area (Å²) < 4.78 is 16.2. The smallest absolute Gasteiger partial charge is 0.253 e. The molecule has 1 saturated heterocycles. The normalized spacial score (nSPS) is 13.9. The number of ether oxygens (including phenoxy) is 3. The largest absolute Gasteiger partial charge is 0.493 e. The van der Waals surface area contributed by atoms with E-state index in [0.717, 1.165) is 43.1 Å². The van der Waals surface area contributed by atoms with Crippen LogP contribution in [0.15, 0.2) is 48.8 Å². The average molecular weight is 464 g/mol. The van der Waals surface area contributed by atoms with Gasteiger partial charge in [0.05, 0.1) is 27.0 Å². The number of rotatable bonds is 7. The van der Waals surface area contributed by atoms with Crippen LogP contribution in [0.5, 0.6) is 17.2 Å². The number of likely N-dealkylation sites (N-methyl/N-ethyl adjacent to an activating group) is 1. The molecule has 1 aliphatic heterocycles. The Balaban J connectivity index is 1.51. The highest BCUT2D eigenvalue weighted by Gasteiger charge is 2.20. The molecular weight excluding hydrogens is 434 g/mol. The molecule has 1 amide bonds. The van der Waals surface area contributed by atoms with E-state index >= 15 is 0 Å². The van der Waals surface area contributed by atoms with Crippen molar-refractivity contribution in [1.82, 2.24) is 19.8 Å². The van der Waals surface area contributed by atoms with Crippen molar-refractivity contribution in [1.29, 1.82) is 0 Å². The molecule has 2 aromatic carbocycles. The fourth-order valence-electron chi connectivity index (χ4n) is 3.86. The lowest BCUT2D eigenvalue weighted by Crippen LogP contribution is -2.47. The molecule has 0 spiro atoms. The first kappa shape index (κ1) is 23.3. The van der Waals surface area contributed by atoms with Crippen LogP contribution in [0, 0.1) is 0 Å². The van der Waals surface area contributed by atoms with Gasteiger partial charge in [0.15, 0.2) is 11.5 Å². The van der Waals surface area contributed by atoms with Gasteiger partial charge in [-0.1, -0.05) is 12.1 Å². The Morgan fingerprint density at radius 2 is 1.53 bits per heavy atom.